The highest BCUT2D eigenvalue weighted by Crippen LogP contribution is 2.26. The molecule has 0 heterocycles. The van der Waals surface area contributed by atoms with E-state index < -0.39 is 5.91 Å². The van der Waals surface area contributed by atoms with E-state index in [9.17, 15) is 4.79 Å². The number of nitrogens with one attached hydrogen (secondary N) is 1. The Morgan fingerprint density at radius 1 is 1.08 bits per heavy atom. The average molecular weight is 367 g/mol. The van der Waals surface area contributed by atoms with E-state index in [-0.39, 0.29) is 6.61 Å². The van der Waals surface area contributed by atoms with Crippen molar-refractivity contribution in [3.8, 4) is 11.5 Å². The van der Waals surface area contributed by atoms with E-state index in [4.69, 9.17) is 32.7 Å². The number of ether oxygens (including phenoxy) is 2. The minimum absolute atomic E-state index is 0.197. The molecule has 2 aromatic carbocycles. The molecular weight excluding hydrogens is 351 g/mol. The second kappa shape index (κ2) is 9.15. The number of carbonyl (C=O) groups excluding carboxylic acids is 1. The Labute approximate surface area is 150 Å². The molecule has 0 aliphatic heterocycles. The summed E-state index contributed by atoms with van der Waals surface area (Å²) in [6, 6.07) is 12.2. The van der Waals surface area contributed by atoms with Gasteiger partial charge in [0.15, 0.2) is 18.1 Å². The third-order valence-electron chi connectivity index (χ3n) is 2.89. The van der Waals surface area contributed by atoms with Crippen LogP contribution in [0.2, 0.25) is 10.0 Å². The molecule has 0 aromatic heterocycles. The second-order valence-corrected chi connectivity index (χ2v) is 5.41. The molecule has 0 saturated carbocycles. The lowest BCUT2D eigenvalue weighted by molar-refractivity contribution is -0.123. The van der Waals surface area contributed by atoms with E-state index in [1.54, 1.807) is 36.4 Å². The lowest BCUT2D eigenvalue weighted by atomic mass is 10.2. The van der Waals surface area contributed by atoms with Gasteiger partial charge in [-0.05, 0) is 31.2 Å². The van der Waals surface area contributed by atoms with Crippen molar-refractivity contribution in [1.82, 2.24) is 5.43 Å². The maximum Gasteiger partial charge on any atom is 0.277 e. The standard InChI is InChI=1S/C17H16Cl2N2O3/c1-2-23-15-8-3-4-9-16(15)24-11-17(22)21-20-10-12-13(18)6-5-7-14(12)19/h3-10H,2,11H2,1H3,(H,21,22). The molecule has 0 saturated heterocycles. The van der Waals surface area contributed by atoms with Gasteiger partial charge in [0.1, 0.15) is 0 Å². The van der Waals surface area contributed by atoms with Crippen molar-refractivity contribution in [3.05, 3.63) is 58.1 Å². The van der Waals surface area contributed by atoms with Gasteiger partial charge in [-0.15, -0.1) is 0 Å². The summed E-state index contributed by atoms with van der Waals surface area (Å²) in [7, 11) is 0. The highest BCUT2D eigenvalue weighted by molar-refractivity contribution is 6.38. The van der Waals surface area contributed by atoms with Crippen LogP contribution >= 0.6 is 23.2 Å². The Hall–Kier alpha value is -2.24. The Bertz CT molecular complexity index is 715. The van der Waals surface area contributed by atoms with Crippen molar-refractivity contribution < 1.29 is 14.3 Å². The molecule has 0 bridgehead atoms. The molecule has 1 amide bonds. The molecule has 0 atom stereocenters. The SMILES string of the molecule is CCOc1ccccc1OCC(=O)NN=Cc1c(Cl)cccc1Cl. The highest BCUT2D eigenvalue weighted by Gasteiger charge is 2.07. The largest absolute Gasteiger partial charge is 0.490 e. The molecule has 2 rings (SSSR count). The first-order valence-corrected chi connectivity index (χ1v) is 7.98. The number of benzene rings is 2. The predicted molar refractivity (Wildman–Crippen MR) is 95.3 cm³/mol. The fourth-order valence-corrected chi connectivity index (χ4v) is 2.32. The fraction of sp³-hybridized carbons (Fsp3) is 0.176. The molecule has 0 radical (unpaired) electrons. The van der Waals surface area contributed by atoms with E-state index in [1.807, 2.05) is 13.0 Å². The summed E-state index contributed by atoms with van der Waals surface area (Å²) in [4.78, 5) is 11.8. The van der Waals surface area contributed by atoms with Gasteiger partial charge in [-0.25, -0.2) is 5.43 Å². The lowest BCUT2D eigenvalue weighted by Gasteiger charge is -2.10. The molecule has 5 nitrogen and oxygen atoms in total. The minimum Gasteiger partial charge on any atom is -0.490 e. The number of rotatable bonds is 7. The summed E-state index contributed by atoms with van der Waals surface area (Å²) < 4.78 is 10.9. The number of hydrazone groups is 1. The van der Waals surface area contributed by atoms with Crippen LogP contribution < -0.4 is 14.9 Å². The van der Waals surface area contributed by atoms with Crippen LogP contribution in [0.1, 0.15) is 12.5 Å². The zero-order valence-corrected chi connectivity index (χ0v) is 14.5. The van der Waals surface area contributed by atoms with Gasteiger partial charge >= 0.3 is 0 Å². The monoisotopic (exact) mass is 366 g/mol. The number of halogens is 2. The Morgan fingerprint density at radius 2 is 1.71 bits per heavy atom. The quantitative estimate of drug-likeness (QED) is 0.596. The summed E-state index contributed by atoms with van der Waals surface area (Å²) >= 11 is 12.0. The molecular formula is C17H16Cl2N2O3. The van der Waals surface area contributed by atoms with E-state index in [2.05, 4.69) is 10.5 Å². The van der Waals surface area contributed by atoms with Crippen molar-refractivity contribution in [1.29, 1.82) is 0 Å². The first-order chi connectivity index (χ1) is 11.6. The summed E-state index contributed by atoms with van der Waals surface area (Å²) in [5.74, 6) is 0.660. The van der Waals surface area contributed by atoms with Crippen molar-refractivity contribution in [2.45, 2.75) is 6.92 Å². The van der Waals surface area contributed by atoms with Gasteiger partial charge in [0.2, 0.25) is 0 Å². The minimum atomic E-state index is -0.416. The van der Waals surface area contributed by atoms with Crippen molar-refractivity contribution >= 4 is 35.3 Å². The normalized spacial score (nSPS) is 10.6. The molecule has 1 N–H and O–H groups in total. The highest BCUT2D eigenvalue weighted by atomic mass is 35.5. The van der Waals surface area contributed by atoms with E-state index in [0.717, 1.165) is 0 Å². The summed E-state index contributed by atoms with van der Waals surface area (Å²) in [6.45, 7) is 2.19. The van der Waals surface area contributed by atoms with Gasteiger partial charge in [-0.3, -0.25) is 4.79 Å². The van der Waals surface area contributed by atoms with E-state index >= 15 is 0 Å². The summed E-state index contributed by atoms with van der Waals surface area (Å²) in [5, 5.41) is 4.72. The number of hydrogen-bond acceptors (Lipinski definition) is 4. The van der Waals surface area contributed by atoms with E-state index in [1.165, 1.54) is 6.21 Å². The topological polar surface area (TPSA) is 59.9 Å². The zero-order valence-electron chi connectivity index (χ0n) is 13.0. The number of nitrogens with zero attached hydrogens (tertiary/aromatic N) is 1. The number of para-hydroxylation sites is 2. The Balaban J connectivity index is 1.89. The van der Waals surface area contributed by atoms with Crippen LogP contribution in [-0.2, 0) is 4.79 Å². The zero-order chi connectivity index (χ0) is 17.4. The van der Waals surface area contributed by atoms with Gasteiger partial charge < -0.3 is 9.47 Å². The van der Waals surface area contributed by atoms with Crippen LogP contribution in [0.15, 0.2) is 47.6 Å². The van der Waals surface area contributed by atoms with Gasteiger partial charge in [0.25, 0.3) is 5.91 Å². The molecule has 0 spiro atoms. The number of carbonyl (C=O) groups is 1. The van der Waals surface area contributed by atoms with Crippen LogP contribution in [0.3, 0.4) is 0 Å². The molecule has 2 aromatic rings. The Morgan fingerprint density at radius 3 is 2.33 bits per heavy atom. The van der Waals surface area contributed by atoms with Crippen LogP contribution in [0.25, 0.3) is 0 Å². The second-order valence-electron chi connectivity index (χ2n) is 4.60. The van der Waals surface area contributed by atoms with Crippen LogP contribution in [0.5, 0.6) is 11.5 Å². The van der Waals surface area contributed by atoms with Crippen molar-refractivity contribution in [2.24, 2.45) is 5.10 Å². The number of hydrogen-bond donors (Lipinski definition) is 1. The maximum atomic E-state index is 11.8. The first kappa shape index (κ1) is 18.1. The number of amides is 1. The van der Waals surface area contributed by atoms with Crippen molar-refractivity contribution in [2.75, 3.05) is 13.2 Å². The maximum absolute atomic E-state index is 11.8. The molecule has 0 aliphatic carbocycles. The molecule has 0 fully saturated rings. The first-order valence-electron chi connectivity index (χ1n) is 7.22. The van der Waals surface area contributed by atoms with Gasteiger partial charge in [0, 0.05) is 5.56 Å². The van der Waals surface area contributed by atoms with Crippen molar-refractivity contribution in [3.63, 3.8) is 0 Å². The summed E-state index contributed by atoms with van der Waals surface area (Å²) in [6.07, 6.45) is 1.39. The molecule has 0 aliphatic rings. The predicted octanol–water partition coefficient (Wildman–Crippen LogP) is 3.92. The fourth-order valence-electron chi connectivity index (χ4n) is 1.82. The summed E-state index contributed by atoms with van der Waals surface area (Å²) in [5.41, 5.74) is 2.89. The van der Waals surface area contributed by atoms with Gasteiger partial charge in [0.05, 0.1) is 22.9 Å². The van der Waals surface area contributed by atoms with Crippen LogP contribution in [0, 0.1) is 0 Å². The third-order valence-corrected chi connectivity index (χ3v) is 3.55. The van der Waals surface area contributed by atoms with Crippen LogP contribution in [0.4, 0.5) is 0 Å². The lowest BCUT2D eigenvalue weighted by Crippen LogP contribution is -2.24. The van der Waals surface area contributed by atoms with Gasteiger partial charge in [-0.2, -0.15) is 5.10 Å². The third kappa shape index (κ3) is 5.15. The molecule has 0 unspecified atom stereocenters. The Kier molecular flexibility index (Phi) is 6.90. The average Bonchev–Trinajstić information content (AvgIpc) is 2.57. The van der Waals surface area contributed by atoms with Crippen LogP contribution in [-0.4, -0.2) is 25.3 Å². The van der Waals surface area contributed by atoms with Gasteiger partial charge in [-0.1, -0.05) is 41.4 Å². The molecule has 126 valence electrons. The smallest absolute Gasteiger partial charge is 0.277 e. The molecule has 7 heteroatoms. The molecule has 24 heavy (non-hydrogen) atoms. The van der Waals surface area contributed by atoms with E-state index in [0.29, 0.717) is 33.7 Å².